The van der Waals surface area contributed by atoms with Crippen molar-refractivity contribution in [3.8, 4) is 0 Å². The van der Waals surface area contributed by atoms with Crippen molar-refractivity contribution in [2.24, 2.45) is 5.92 Å². The quantitative estimate of drug-likeness (QED) is 0.275. The third-order valence-corrected chi connectivity index (χ3v) is 5.33. The van der Waals surface area contributed by atoms with Gasteiger partial charge in [0.25, 0.3) is 0 Å². The molecule has 0 heterocycles. The largest absolute Gasteiger partial charge is 0.548 e. The number of hydrogen-bond donors (Lipinski definition) is 1. The Kier molecular flexibility index (Phi) is 18.5. The Balaban J connectivity index is 3.40. The van der Waals surface area contributed by atoms with Crippen LogP contribution in [0.3, 0.4) is 0 Å². The number of carbonyl (C=O) groups is 2. The first-order valence-electron chi connectivity index (χ1n) is 12.0. The number of aliphatic carboxylic acids is 1. The number of carbonyl (C=O) groups excluding carboxylic acids is 2. The molecule has 0 bridgehead atoms. The van der Waals surface area contributed by atoms with Gasteiger partial charge >= 0.3 is 0 Å². The van der Waals surface area contributed by atoms with Crippen LogP contribution in [0.4, 0.5) is 0 Å². The van der Waals surface area contributed by atoms with E-state index in [9.17, 15) is 14.7 Å². The van der Waals surface area contributed by atoms with Crippen LogP contribution in [-0.2, 0) is 9.59 Å². The second kappa shape index (κ2) is 19.3. The molecule has 0 aromatic heterocycles. The van der Waals surface area contributed by atoms with Crippen molar-refractivity contribution in [3.05, 3.63) is 0 Å². The lowest BCUT2D eigenvalue weighted by Gasteiger charge is -2.21. The summed E-state index contributed by atoms with van der Waals surface area (Å²) in [6, 6.07) is -0.858. The molecule has 1 N–H and O–H groups in total. The Hall–Kier alpha value is -1.06. The number of nitrogens with one attached hydrogen (secondary N) is 1. The predicted octanol–water partition coefficient (Wildman–Crippen LogP) is 5.53. The van der Waals surface area contributed by atoms with Crippen LogP contribution < -0.4 is 10.4 Å². The van der Waals surface area contributed by atoms with Crippen LogP contribution in [0, 0.1) is 5.92 Å². The maximum atomic E-state index is 11.9. The van der Waals surface area contributed by atoms with Gasteiger partial charge in [0.1, 0.15) is 0 Å². The Labute approximate surface area is 174 Å². The van der Waals surface area contributed by atoms with Crippen molar-refractivity contribution in [2.75, 3.05) is 0 Å². The van der Waals surface area contributed by atoms with Crippen molar-refractivity contribution in [3.63, 3.8) is 0 Å². The normalized spacial score (nSPS) is 12.3. The van der Waals surface area contributed by atoms with Gasteiger partial charge in [-0.05, 0) is 18.8 Å². The average molecular weight is 397 g/mol. The summed E-state index contributed by atoms with van der Waals surface area (Å²) in [6.07, 6.45) is 20.3. The van der Waals surface area contributed by atoms with E-state index in [-0.39, 0.29) is 11.8 Å². The fourth-order valence-corrected chi connectivity index (χ4v) is 3.61. The Morgan fingerprint density at radius 1 is 0.714 bits per heavy atom. The highest BCUT2D eigenvalue weighted by atomic mass is 16.4. The maximum absolute atomic E-state index is 11.9. The summed E-state index contributed by atoms with van der Waals surface area (Å²) >= 11 is 0. The highest BCUT2D eigenvalue weighted by Gasteiger charge is 2.14. The van der Waals surface area contributed by atoms with Crippen molar-refractivity contribution in [1.29, 1.82) is 0 Å². The zero-order valence-corrected chi connectivity index (χ0v) is 18.9. The standard InChI is InChI=1S/C24H47NO3/c1-4-5-6-7-8-9-10-11-12-13-14-15-16-17-18-19-23(26)25-22(24(27)28)20-21(2)3/h21-22H,4-20H2,1-3H3,(H,25,26)(H,27,28)/p-1/t22-/m0/s1. The van der Waals surface area contributed by atoms with E-state index in [2.05, 4.69) is 12.2 Å². The Morgan fingerprint density at radius 3 is 1.46 bits per heavy atom. The molecule has 0 fully saturated rings. The number of carboxylic acid groups (broad SMARTS) is 1. The molecule has 0 aliphatic heterocycles. The Morgan fingerprint density at radius 2 is 1.11 bits per heavy atom. The van der Waals surface area contributed by atoms with Gasteiger partial charge in [0.05, 0.1) is 12.0 Å². The average Bonchev–Trinajstić information content (AvgIpc) is 2.64. The molecule has 0 unspecified atom stereocenters. The zero-order chi connectivity index (χ0) is 21.0. The molecule has 0 rings (SSSR count). The van der Waals surface area contributed by atoms with E-state index in [0.717, 1.165) is 12.8 Å². The first kappa shape index (κ1) is 26.9. The van der Waals surface area contributed by atoms with Crippen molar-refractivity contribution in [1.82, 2.24) is 5.32 Å². The summed E-state index contributed by atoms with van der Waals surface area (Å²) in [4.78, 5) is 22.9. The van der Waals surface area contributed by atoms with Crippen LogP contribution in [0.15, 0.2) is 0 Å². The van der Waals surface area contributed by atoms with Gasteiger partial charge in [-0.2, -0.15) is 0 Å². The van der Waals surface area contributed by atoms with E-state index >= 15 is 0 Å². The van der Waals surface area contributed by atoms with Gasteiger partial charge in [0.2, 0.25) is 5.91 Å². The molecule has 1 atom stereocenters. The molecule has 0 saturated heterocycles. The van der Waals surface area contributed by atoms with Crippen LogP contribution in [0.1, 0.15) is 130 Å². The Bertz CT molecular complexity index is 382. The molecule has 1 amide bonds. The van der Waals surface area contributed by atoms with E-state index in [1.165, 1.54) is 83.5 Å². The fourth-order valence-electron chi connectivity index (χ4n) is 3.61. The minimum atomic E-state index is -1.18. The second-order valence-electron chi connectivity index (χ2n) is 8.77. The first-order valence-corrected chi connectivity index (χ1v) is 12.0. The molecule has 28 heavy (non-hydrogen) atoms. The van der Waals surface area contributed by atoms with E-state index in [4.69, 9.17) is 0 Å². The highest BCUT2D eigenvalue weighted by Crippen LogP contribution is 2.14. The summed E-state index contributed by atoms with van der Waals surface area (Å²) in [7, 11) is 0. The van der Waals surface area contributed by atoms with Gasteiger partial charge in [0.15, 0.2) is 0 Å². The van der Waals surface area contributed by atoms with E-state index in [1.807, 2.05) is 13.8 Å². The summed E-state index contributed by atoms with van der Waals surface area (Å²) in [5.41, 5.74) is 0. The highest BCUT2D eigenvalue weighted by molar-refractivity contribution is 5.82. The lowest BCUT2D eigenvalue weighted by atomic mass is 10.0. The van der Waals surface area contributed by atoms with Crippen LogP contribution in [0.5, 0.6) is 0 Å². The van der Waals surface area contributed by atoms with Gasteiger partial charge in [-0.1, -0.05) is 111 Å². The van der Waals surface area contributed by atoms with E-state index in [0.29, 0.717) is 12.8 Å². The van der Waals surface area contributed by atoms with Crippen LogP contribution in [0.2, 0.25) is 0 Å². The topological polar surface area (TPSA) is 69.2 Å². The molecule has 0 aromatic carbocycles. The van der Waals surface area contributed by atoms with Crippen molar-refractivity contribution < 1.29 is 14.7 Å². The lowest BCUT2D eigenvalue weighted by Crippen LogP contribution is -2.48. The molecular weight excluding hydrogens is 350 g/mol. The van der Waals surface area contributed by atoms with Gasteiger partial charge in [-0.3, -0.25) is 4.79 Å². The van der Waals surface area contributed by atoms with Crippen molar-refractivity contribution in [2.45, 2.75) is 136 Å². The van der Waals surface area contributed by atoms with Crippen molar-refractivity contribution >= 4 is 11.9 Å². The molecule has 166 valence electrons. The molecule has 0 aliphatic carbocycles. The van der Waals surface area contributed by atoms with E-state index < -0.39 is 12.0 Å². The van der Waals surface area contributed by atoms with Crippen LogP contribution in [0.25, 0.3) is 0 Å². The third kappa shape index (κ3) is 18.3. The minimum absolute atomic E-state index is 0.162. The SMILES string of the molecule is CCCCCCCCCCCCCCCCCC(=O)N[C@@H](CC(C)C)C(=O)[O-]. The van der Waals surface area contributed by atoms with Gasteiger partial charge in [-0.25, -0.2) is 0 Å². The number of amides is 1. The number of unbranched alkanes of at least 4 members (excludes halogenated alkanes) is 14. The minimum Gasteiger partial charge on any atom is -0.548 e. The smallest absolute Gasteiger partial charge is 0.220 e. The lowest BCUT2D eigenvalue weighted by molar-refractivity contribution is -0.308. The maximum Gasteiger partial charge on any atom is 0.220 e. The van der Waals surface area contributed by atoms with Crippen LogP contribution in [-0.4, -0.2) is 17.9 Å². The molecule has 4 heteroatoms. The molecular formula is C24H46NO3-. The summed E-state index contributed by atoms with van der Waals surface area (Å²) in [6.45, 7) is 6.15. The summed E-state index contributed by atoms with van der Waals surface area (Å²) in [5.74, 6) is -1.13. The van der Waals surface area contributed by atoms with Gasteiger partial charge in [0, 0.05) is 6.42 Å². The molecule has 0 aliphatic rings. The van der Waals surface area contributed by atoms with Gasteiger partial charge < -0.3 is 15.2 Å². The van der Waals surface area contributed by atoms with Gasteiger partial charge in [-0.15, -0.1) is 0 Å². The molecule has 0 saturated carbocycles. The second-order valence-corrected chi connectivity index (χ2v) is 8.77. The monoisotopic (exact) mass is 396 g/mol. The fraction of sp³-hybridized carbons (Fsp3) is 0.917. The number of carboxylic acids is 1. The molecule has 0 radical (unpaired) electrons. The summed E-state index contributed by atoms with van der Waals surface area (Å²) < 4.78 is 0. The van der Waals surface area contributed by atoms with E-state index in [1.54, 1.807) is 0 Å². The summed E-state index contributed by atoms with van der Waals surface area (Å²) in [5, 5.41) is 13.7. The third-order valence-electron chi connectivity index (χ3n) is 5.33. The number of hydrogen-bond acceptors (Lipinski definition) is 3. The molecule has 4 nitrogen and oxygen atoms in total. The first-order chi connectivity index (χ1) is 13.5. The zero-order valence-electron chi connectivity index (χ0n) is 18.9. The number of rotatable bonds is 20. The van der Waals surface area contributed by atoms with Crippen LogP contribution >= 0.6 is 0 Å². The predicted molar refractivity (Wildman–Crippen MR) is 116 cm³/mol. The molecule has 0 aromatic rings. The molecule has 0 spiro atoms.